The molecule has 2 rings (SSSR count). The molecule has 0 bridgehead atoms. The van der Waals surface area contributed by atoms with Gasteiger partial charge in [0.05, 0.1) is 13.7 Å². The summed E-state index contributed by atoms with van der Waals surface area (Å²) in [5.41, 5.74) is 1.14. The van der Waals surface area contributed by atoms with Gasteiger partial charge >= 0.3 is 0 Å². The van der Waals surface area contributed by atoms with Crippen molar-refractivity contribution in [1.29, 1.82) is 0 Å². The summed E-state index contributed by atoms with van der Waals surface area (Å²) in [7, 11) is 3.50. The van der Waals surface area contributed by atoms with Gasteiger partial charge in [-0.15, -0.1) is 0 Å². The lowest BCUT2D eigenvalue weighted by molar-refractivity contribution is 0.310. The maximum absolute atomic E-state index is 5.65. The molecule has 1 fully saturated rings. The van der Waals surface area contributed by atoms with Gasteiger partial charge in [0.1, 0.15) is 0 Å². The van der Waals surface area contributed by atoms with Crippen LogP contribution in [0, 0.1) is 0 Å². The normalized spacial score (nSPS) is 17.5. The molecule has 0 unspecified atom stereocenters. The van der Waals surface area contributed by atoms with Gasteiger partial charge in [-0.1, -0.05) is 6.07 Å². The Bertz CT molecular complexity index is 575. The maximum Gasteiger partial charge on any atom is 0.193 e. The van der Waals surface area contributed by atoms with Crippen LogP contribution >= 0.6 is 11.8 Å². The Morgan fingerprint density at radius 3 is 2.79 bits per heavy atom. The molecule has 0 aliphatic carbocycles. The summed E-state index contributed by atoms with van der Waals surface area (Å²) in [4.78, 5) is 6.79. The first-order chi connectivity index (χ1) is 11.5. The summed E-state index contributed by atoms with van der Waals surface area (Å²) in [5, 5.41) is 3.47. The van der Waals surface area contributed by atoms with Crippen LogP contribution < -0.4 is 14.8 Å². The predicted octanol–water partition coefficient (Wildman–Crippen LogP) is 3.00. The van der Waals surface area contributed by atoms with Gasteiger partial charge in [-0.05, 0) is 38.5 Å². The van der Waals surface area contributed by atoms with Crippen molar-refractivity contribution in [3.63, 3.8) is 0 Å². The fourth-order valence-corrected chi connectivity index (χ4v) is 3.92. The molecule has 0 saturated carbocycles. The molecule has 1 aliphatic heterocycles. The molecule has 0 aromatic heterocycles. The highest BCUT2D eigenvalue weighted by Gasteiger charge is 2.28. The number of rotatable bonds is 5. The van der Waals surface area contributed by atoms with Crippen molar-refractivity contribution in [2.24, 2.45) is 4.99 Å². The average Bonchev–Trinajstić information content (AvgIpc) is 2.55. The molecule has 134 valence electrons. The summed E-state index contributed by atoms with van der Waals surface area (Å²) in [6, 6.07) is 6.03. The molecule has 1 saturated heterocycles. The van der Waals surface area contributed by atoms with Crippen LogP contribution in [0.15, 0.2) is 23.2 Å². The summed E-state index contributed by atoms with van der Waals surface area (Å²) in [6.07, 6.45) is 0. The van der Waals surface area contributed by atoms with E-state index in [1.165, 1.54) is 0 Å². The summed E-state index contributed by atoms with van der Waals surface area (Å²) in [5.74, 6) is 3.63. The topological polar surface area (TPSA) is 46.1 Å². The van der Waals surface area contributed by atoms with Crippen LogP contribution in [0.1, 0.15) is 26.3 Å². The van der Waals surface area contributed by atoms with Crippen molar-refractivity contribution in [1.82, 2.24) is 10.2 Å². The lowest BCUT2D eigenvalue weighted by Gasteiger charge is -2.39. The number of ether oxygens (including phenoxy) is 2. The molecule has 0 spiro atoms. The van der Waals surface area contributed by atoms with Gasteiger partial charge in [0.15, 0.2) is 17.5 Å². The standard InChI is InChI=1S/C18H29N3O2S/c1-6-23-16-11-14(7-8-15(16)22-5)12-20-17(19-4)21-9-10-24-18(2,3)13-21/h7-8,11H,6,9-10,12-13H2,1-5H3,(H,19,20). The van der Waals surface area contributed by atoms with Crippen molar-refractivity contribution in [3.05, 3.63) is 23.8 Å². The van der Waals surface area contributed by atoms with Crippen LogP contribution in [0.2, 0.25) is 0 Å². The van der Waals surface area contributed by atoms with Crippen LogP contribution in [-0.2, 0) is 6.54 Å². The Morgan fingerprint density at radius 1 is 1.38 bits per heavy atom. The number of nitrogens with zero attached hydrogens (tertiary/aromatic N) is 2. The Labute approximate surface area is 149 Å². The van der Waals surface area contributed by atoms with Gasteiger partial charge in [-0.25, -0.2) is 0 Å². The highest BCUT2D eigenvalue weighted by molar-refractivity contribution is 8.00. The second-order valence-electron chi connectivity index (χ2n) is 6.35. The highest BCUT2D eigenvalue weighted by Crippen LogP contribution is 2.30. The molecule has 1 heterocycles. The lowest BCUT2D eigenvalue weighted by Crippen LogP contribution is -2.50. The van der Waals surface area contributed by atoms with Gasteiger partial charge in [0.2, 0.25) is 0 Å². The van der Waals surface area contributed by atoms with Crippen molar-refractivity contribution >= 4 is 17.7 Å². The number of methoxy groups -OCH3 is 1. The Kier molecular flexibility index (Phi) is 6.66. The molecule has 1 N–H and O–H groups in total. The number of hydrogen-bond acceptors (Lipinski definition) is 4. The van der Waals surface area contributed by atoms with Gasteiger partial charge in [-0.3, -0.25) is 4.99 Å². The smallest absolute Gasteiger partial charge is 0.193 e. The number of aliphatic imine (C=N–C) groups is 1. The first-order valence-electron chi connectivity index (χ1n) is 8.38. The number of hydrogen-bond donors (Lipinski definition) is 1. The van der Waals surface area contributed by atoms with Crippen LogP contribution in [0.5, 0.6) is 11.5 Å². The zero-order valence-electron chi connectivity index (χ0n) is 15.4. The van der Waals surface area contributed by atoms with Gasteiger partial charge in [0, 0.05) is 37.2 Å². The number of thioether (sulfide) groups is 1. The molecule has 1 aliphatic rings. The fraction of sp³-hybridized carbons (Fsp3) is 0.611. The SMILES string of the molecule is CCOc1cc(CNC(=NC)N2CCSC(C)(C)C2)ccc1OC. The summed E-state index contributed by atoms with van der Waals surface area (Å²) < 4.78 is 11.2. The molecule has 0 radical (unpaired) electrons. The highest BCUT2D eigenvalue weighted by atomic mass is 32.2. The first kappa shape index (κ1) is 18.8. The minimum absolute atomic E-state index is 0.262. The third kappa shape index (κ3) is 4.97. The molecular formula is C18H29N3O2S. The van der Waals surface area contributed by atoms with E-state index in [0.29, 0.717) is 13.2 Å². The lowest BCUT2D eigenvalue weighted by atomic mass is 10.2. The Morgan fingerprint density at radius 2 is 2.17 bits per heavy atom. The van der Waals surface area contributed by atoms with E-state index in [0.717, 1.165) is 41.9 Å². The van der Waals surface area contributed by atoms with Crippen LogP contribution in [0.25, 0.3) is 0 Å². The van der Waals surface area contributed by atoms with E-state index in [1.54, 1.807) is 7.11 Å². The van der Waals surface area contributed by atoms with E-state index >= 15 is 0 Å². The number of benzene rings is 1. The minimum Gasteiger partial charge on any atom is -0.493 e. The second-order valence-corrected chi connectivity index (χ2v) is 8.15. The summed E-state index contributed by atoms with van der Waals surface area (Å²) >= 11 is 2.02. The van der Waals surface area contributed by atoms with E-state index in [2.05, 4.69) is 35.1 Å². The van der Waals surface area contributed by atoms with Crippen LogP contribution in [0.4, 0.5) is 0 Å². The third-order valence-corrected chi connectivity index (χ3v) is 5.21. The summed E-state index contributed by atoms with van der Waals surface area (Å²) in [6.45, 7) is 9.91. The molecule has 0 amide bonds. The molecule has 1 aromatic rings. The quantitative estimate of drug-likeness (QED) is 0.653. The average molecular weight is 352 g/mol. The van der Waals surface area contributed by atoms with Crippen molar-refractivity contribution in [2.45, 2.75) is 32.1 Å². The van der Waals surface area contributed by atoms with Crippen LogP contribution in [-0.4, -0.2) is 55.2 Å². The minimum atomic E-state index is 0.262. The van der Waals surface area contributed by atoms with E-state index in [9.17, 15) is 0 Å². The maximum atomic E-state index is 5.65. The monoisotopic (exact) mass is 351 g/mol. The van der Waals surface area contributed by atoms with Crippen molar-refractivity contribution in [2.75, 3.05) is 39.6 Å². The van der Waals surface area contributed by atoms with E-state index in [4.69, 9.17) is 9.47 Å². The molecule has 5 nitrogen and oxygen atoms in total. The molecular weight excluding hydrogens is 322 g/mol. The predicted molar refractivity (Wildman–Crippen MR) is 102 cm³/mol. The zero-order chi connectivity index (χ0) is 17.6. The van der Waals surface area contributed by atoms with E-state index in [1.807, 2.05) is 37.9 Å². The molecule has 0 atom stereocenters. The molecule has 6 heteroatoms. The van der Waals surface area contributed by atoms with Gasteiger partial charge < -0.3 is 19.7 Å². The first-order valence-corrected chi connectivity index (χ1v) is 9.37. The van der Waals surface area contributed by atoms with E-state index in [-0.39, 0.29) is 4.75 Å². The largest absolute Gasteiger partial charge is 0.493 e. The fourth-order valence-electron chi connectivity index (χ4n) is 2.81. The molecule has 24 heavy (non-hydrogen) atoms. The van der Waals surface area contributed by atoms with Crippen molar-refractivity contribution in [3.8, 4) is 11.5 Å². The van der Waals surface area contributed by atoms with Crippen LogP contribution in [0.3, 0.4) is 0 Å². The number of nitrogens with one attached hydrogen (secondary N) is 1. The van der Waals surface area contributed by atoms with E-state index < -0.39 is 0 Å². The molecule has 1 aromatic carbocycles. The van der Waals surface area contributed by atoms with Gasteiger partial charge in [0.25, 0.3) is 0 Å². The third-order valence-electron chi connectivity index (χ3n) is 3.92. The van der Waals surface area contributed by atoms with Crippen molar-refractivity contribution < 1.29 is 9.47 Å². The number of guanidine groups is 1. The second kappa shape index (κ2) is 8.51. The van der Waals surface area contributed by atoms with Gasteiger partial charge in [-0.2, -0.15) is 11.8 Å². The Hall–Kier alpha value is -1.56. The zero-order valence-corrected chi connectivity index (χ0v) is 16.2. The Balaban J connectivity index is 2.02.